The van der Waals surface area contributed by atoms with E-state index in [1.807, 2.05) is 0 Å². The largest absolute Gasteiger partial charge is 0.507 e. The second-order valence-electron chi connectivity index (χ2n) is 6.99. The minimum absolute atomic E-state index is 0.0756. The molecule has 0 radical (unpaired) electrons. The van der Waals surface area contributed by atoms with E-state index < -0.39 is 5.63 Å². The first-order valence-corrected chi connectivity index (χ1v) is 9.12. The normalized spacial score (nSPS) is 18.6. The van der Waals surface area contributed by atoms with Gasteiger partial charge in [0.25, 0.3) is 0 Å². The Hall–Kier alpha value is -2.15. The first-order chi connectivity index (χ1) is 12.7. The molecule has 0 amide bonds. The number of hydrogen-bond acceptors (Lipinski definition) is 6. The second-order valence-corrected chi connectivity index (χ2v) is 6.99. The van der Waals surface area contributed by atoms with Gasteiger partial charge in [0.1, 0.15) is 12.0 Å². The van der Waals surface area contributed by atoms with Crippen molar-refractivity contribution in [2.75, 3.05) is 32.8 Å². The Labute approximate surface area is 152 Å². The molecule has 1 aromatic carbocycles. The summed E-state index contributed by atoms with van der Waals surface area (Å²) in [7, 11) is 0. The number of nitrogens with zero attached hydrogens (tertiary/aromatic N) is 2. The van der Waals surface area contributed by atoms with Gasteiger partial charge in [-0.25, -0.2) is 4.79 Å². The maximum absolute atomic E-state index is 12.1. The van der Waals surface area contributed by atoms with Crippen LogP contribution in [0.25, 0.3) is 0 Å². The average molecular weight is 356 g/mol. The molecule has 0 spiro atoms. The van der Waals surface area contributed by atoms with Gasteiger partial charge >= 0.3 is 5.63 Å². The Kier molecular flexibility index (Phi) is 5.06. The number of aromatic hydroxyl groups is 1. The fourth-order valence-electron chi connectivity index (χ4n) is 3.71. The van der Waals surface area contributed by atoms with Crippen molar-refractivity contribution >= 4 is 0 Å². The van der Waals surface area contributed by atoms with E-state index in [0.29, 0.717) is 37.4 Å². The second kappa shape index (κ2) is 7.61. The van der Waals surface area contributed by atoms with Gasteiger partial charge in [-0.05, 0) is 17.5 Å². The quantitative estimate of drug-likeness (QED) is 0.900. The molecule has 0 unspecified atom stereocenters. The highest BCUT2D eigenvalue weighted by Crippen LogP contribution is 2.26. The third-order valence-electron chi connectivity index (χ3n) is 5.23. The molecule has 0 bridgehead atoms. The Morgan fingerprint density at radius 2 is 1.77 bits per heavy atom. The molecular weight excluding hydrogens is 332 g/mol. The zero-order valence-corrected chi connectivity index (χ0v) is 14.8. The van der Waals surface area contributed by atoms with Gasteiger partial charge in [0.05, 0.1) is 18.8 Å². The van der Waals surface area contributed by atoms with Gasteiger partial charge < -0.3 is 14.3 Å². The molecule has 2 aromatic rings. The molecule has 1 saturated heterocycles. The van der Waals surface area contributed by atoms with Crippen LogP contribution in [-0.2, 0) is 30.8 Å². The smallest absolute Gasteiger partial charge is 0.343 e. The molecule has 138 valence electrons. The van der Waals surface area contributed by atoms with E-state index in [-0.39, 0.29) is 5.75 Å². The summed E-state index contributed by atoms with van der Waals surface area (Å²) in [5.74, 6) is 0.0756. The van der Waals surface area contributed by atoms with Crippen molar-refractivity contribution in [2.24, 2.45) is 0 Å². The van der Waals surface area contributed by atoms with E-state index in [2.05, 4.69) is 34.1 Å². The van der Waals surface area contributed by atoms with Crippen molar-refractivity contribution in [1.82, 2.24) is 9.80 Å². The first-order valence-electron chi connectivity index (χ1n) is 9.12. The van der Waals surface area contributed by atoms with Gasteiger partial charge in [0.2, 0.25) is 0 Å². The number of ether oxygens (including phenoxy) is 1. The molecule has 3 heterocycles. The van der Waals surface area contributed by atoms with Gasteiger partial charge in [-0.3, -0.25) is 9.80 Å². The lowest BCUT2D eigenvalue weighted by Gasteiger charge is -2.29. The number of fused-ring (bicyclic) bond motifs is 1. The highest BCUT2D eigenvalue weighted by Gasteiger charge is 2.22. The highest BCUT2D eigenvalue weighted by molar-refractivity contribution is 5.37. The summed E-state index contributed by atoms with van der Waals surface area (Å²) in [5, 5.41) is 10.7. The lowest BCUT2D eigenvalue weighted by molar-refractivity contribution is 0.0333. The average Bonchev–Trinajstić information content (AvgIpc) is 2.68. The monoisotopic (exact) mass is 356 g/mol. The van der Waals surface area contributed by atoms with Crippen LogP contribution in [0.1, 0.15) is 22.3 Å². The standard InChI is InChI=1S/C20H24N2O4/c23-19-17(12-22-6-5-15-3-1-2-4-16(15)11-22)14-26-20(24)18(19)13-21-7-9-25-10-8-21/h1-4,14,23H,5-13H2. The molecule has 0 atom stereocenters. The summed E-state index contributed by atoms with van der Waals surface area (Å²) >= 11 is 0. The molecule has 4 rings (SSSR count). The van der Waals surface area contributed by atoms with Crippen LogP contribution < -0.4 is 5.63 Å². The van der Waals surface area contributed by atoms with Crippen molar-refractivity contribution < 1.29 is 14.3 Å². The molecular formula is C20H24N2O4. The molecule has 2 aliphatic heterocycles. The molecule has 26 heavy (non-hydrogen) atoms. The Balaban J connectivity index is 1.50. The predicted molar refractivity (Wildman–Crippen MR) is 97.0 cm³/mol. The molecule has 0 aliphatic carbocycles. The third kappa shape index (κ3) is 3.67. The molecule has 6 heteroatoms. The van der Waals surface area contributed by atoms with Crippen molar-refractivity contribution in [3.05, 3.63) is 63.2 Å². The summed E-state index contributed by atoms with van der Waals surface area (Å²) in [6.45, 7) is 5.55. The lowest BCUT2D eigenvalue weighted by atomic mass is 9.99. The van der Waals surface area contributed by atoms with Crippen LogP contribution in [0, 0.1) is 0 Å². The van der Waals surface area contributed by atoms with Crippen molar-refractivity contribution in [3.8, 4) is 5.75 Å². The van der Waals surface area contributed by atoms with E-state index >= 15 is 0 Å². The lowest BCUT2D eigenvalue weighted by Crippen LogP contribution is -2.37. The van der Waals surface area contributed by atoms with Crippen LogP contribution in [0.3, 0.4) is 0 Å². The van der Waals surface area contributed by atoms with Gasteiger partial charge in [-0.2, -0.15) is 0 Å². The van der Waals surface area contributed by atoms with Gasteiger partial charge in [0, 0.05) is 44.8 Å². The van der Waals surface area contributed by atoms with Crippen LogP contribution in [0.2, 0.25) is 0 Å². The van der Waals surface area contributed by atoms with Crippen LogP contribution in [0.15, 0.2) is 39.7 Å². The number of benzene rings is 1. The van der Waals surface area contributed by atoms with Crippen molar-refractivity contribution in [2.45, 2.75) is 26.1 Å². The van der Waals surface area contributed by atoms with E-state index in [4.69, 9.17) is 9.15 Å². The van der Waals surface area contributed by atoms with E-state index in [9.17, 15) is 9.90 Å². The van der Waals surface area contributed by atoms with Gasteiger partial charge in [-0.15, -0.1) is 0 Å². The van der Waals surface area contributed by atoms with Crippen molar-refractivity contribution in [1.29, 1.82) is 0 Å². The van der Waals surface area contributed by atoms with E-state index in [1.54, 1.807) is 0 Å². The Bertz CT molecular complexity index is 827. The van der Waals surface area contributed by atoms with Gasteiger partial charge in [-0.1, -0.05) is 24.3 Å². The Morgan fingerprint density at radius 1 is 1.00 bits per heavy atom. The SMILES string of the molecule is O=c1occ(CN2CCc3ccccc3C2)c(O)c1CN1CCOCC1. The summed E-state index contributed by atoms with van der Waals surface area (Å²) < 4.78 is 10.6. The molecule has 1 N–H and O–H groups in total. The van der Waals surface area contributed by atoms with Crippen LogP contribution >= 0.6 is 0 Å². The molecule has 6 nitrogen and oxygen atoms in total. The molecule has 1 aromatic heterocycles. The minimum atomic E-state index is -0.457. The van der Waals surface area contributed by atoms with E-state index in [1.165, 1.54) is 17.4 Å². The van der Waals surface area contributed by atoms with Gasteiger partial charge in [0.15, 0.2) is 0 Å². The third-order valence-corrected chi connectivity index (χ3v) is 5.23. The maximum Gasteiger partial charge on any atom is 0.343 e. The fourth-order valence-corrected chi connectivity index (χ4v) is 3.71. The number of morpholine rings is 1. The molecule has 0 saturated carbocycles. The summed E-state index contributed by atoms with van der Waals surface area (Å²) in [5.41, 5.74) is 3.28. The zero-order valence-electron chi connectivity index (χ0n) is 14.8. The zero-order chi connectivity index (χ0) is 17.9. The van der Waals surface area contributed by atoms with Crippen LogP contribution in [0.4, 0.5) is 0 Å². The molecule has 2 aliphatic rings. The Morgan fingerprint density at radius 3 is 2.58 bits per heavy atom. The maximum atomic E-state index is 12.1. The van der Waals surface area contributed by atoms with Crippen LogP contribution in [0.5, 0.6) is 5.75 Å². The van der Waals surface area contributed by atoms with E-state index in [0.717, 1.165) is 32.6 Å². The minimum Gasteiger partial charge on any atom is -0.507 e. The highest BCUT2D eigenvalue weighted by atomic mass is 16.5. The topological polar surface area (TPSA) is 66.2 Å². The predicted octanol–water partition coefficient (Wildman–Crippen LogP) is 1.74. The number of rotatable bonds is 4. The van der Waals surface area contributed by atoms with Crippen LogP contribution in [-0.4, -0.2) is 47.8 Å². The summed E-state index contributed by atoms with van der Waals surface area (Å²) in [6, 6.07) is 8.45. The summed E-state index contributed by atoms with van der Waals surface area (Å²) in [4.78, 5) is 16.5. The van der Waals surface area contributed by atoms with Crippen molar-refractivity contribution in [3.63, 3.8) is 0 Å². The first kappa shape index (κ1) is 17.3. The molecule has 1 fully saturated rings. The summed E-state index contributed by atoms with van der Waals surface area (Å²) in [6.07, 6.45) is 2.40. The fraction of sp³-hybridized carbons (Fsp3) is 0.450. The number of hydrogen-bond donors (Lipinski definition) is 1.